The van der Waals surface area contributed by atoms with Crippen LogP contribution < -0.4 is 5.73 Å². The van der Waals surface area contributed by atoms with Crippen LogP contribution in [0.4, 0.5) is 0 Å². The van der Waals surface area contributed by atoms with Crippen molar-refractivity contribution in [3.63, 3.8) is 0 Å². The lowest BCUT2D eigenvalue weighted by molar-refractivity contribution is -0.131. The molecule has 2 N–H and O–H groups in total. The highest BCUT2D eigenvalue weighted by Crippen LogP contribution is 2.11. The van der Waals surface area contributed by atoms with Gasteiger partial charge in [0.15, 0.2) is 0 Å². The minimum Gasteiger partial charge on any atom is -0.344 e. The fraction of sp³-hybridized carbons (Fsp3) is 0.278. The summed E-state index contributed by atoms with van der Waals surface area (Å²) >= 11 is 3.42. The zero-order chi connectivity index (χ0) is 15.9. The molecule has 0 fully saturated rings. The number of carbonyl (C=O) groups excluding carboxylic acids is 1. The molecule has 116 valence electrons. The molecular formula is C18H21BrN2O. The van der Waals surface area contributed by atoms with Gasteiger partial charge in [-0.15, -0.1) is 0 Å². The summed E-state index contributed by atoms with van der Waals surface area (Å²) in [5.74, 6) is -0.0130. The lowest BCUT2D eigenvalue weighted by Gasteiger charge is -2.21. The van der Waals surface area contributed by atoms with E-state index >= 15 is 0 Å². The van der Waals surface area contributed by atoms with Crippen LogP contribution in [-0.2, 0) is 17.6 Å². The first-order valence-electron chi connectivity index (χ1n) is 7.35. The van der Waals surface area contributed by atoms with Crippen LogP contribution in [0, 0.1) is 0 Å². The molecule has 0 aliphatic carbocycles. The number of hydrogen-bond acceptors (Lipinski definition) is 2. The first-order valence-corrected chi connectivity index (χ1v) is 8.14. The summed E-state index contributed by atoms with van der Waals surface area (Å²) in [4.78, 5) is 14.0. The van der Waals surface area contributed by atoms with Crippen molar-refractivity contribution in [3.05, 3.63) is 70.2 Å². The number of nitrogens with zero attached hydrogens (tertiary/aromatic N) is 1. The monoisotopic (exact) mass is 360 g/mol. The van der Waals surface area contributed by atoms with E-state index < -0.39 is 6.04 Å². The van der Waals surface area contributed by atoms with Crippen molar-refractivity contribution >= 4 is 21.8 Å². The highest BCUT2D eigenvalue weighted by Gasteiger charge is 2.18. The largest absolute Gasteiger partial charge is 0.344 e. The van der Waals surface area contributed by atoms with Gasteiger partial charge in [0.2, 0.25) is 5.91 Å². The second-order valence-corrected chi connectivity index (χ2v) is 6.35. The molecule has 2 aromatic carbocycles. The summed E-state index contributed by atoms with van der Waals surface area (Å²) in [6, 6.07) is 17.5. The second-order valence-electron chi connectivity index (χ2n) is 5.43. The first kappa shape index (κ1) is 16.7. The number of likely N-dealkylation sites (N-methyl/N-ethyl adjacent to an activating group) is 1. The number of rotatable bonds is 6. The van der Waals surface area contributed by atoms with Crippen LogP contribution >= 0.6 is 15.9 Å². The minimum atomic E-state index is -0.489. The van der Waals surface area contributed by atoms with Crippen molar-refractivity contribution in [1.82, 2.24) is 4.90 Å². The molecule has 0 saturated carbocycles. The first-order chi connectivity index (χ1) is 10.6. The summed E-state index contributed by atoms with van der Waals surface area (Å²) in [5.41, 5.74) is 8.34. The Morgan fingerprint density at radius 1 is 1.09 bits per heavy atom. The fourth-order valence-electron chi connectivity index (χ4n) is 2.30. The lowest BCUT2D eigenvalue weighted by atomic mass is 10.1. The Morgan fingerprint density at radius 2 is 1.73 bits per heavy atom. The molecule has 1 amide bonds. The van der Waals surface area contributed by atoms with Crippen molar-refractivity contribution < 1.29 is 4.79 Å². The maximum atomic E-state index is 12.3. The van der Waals surface area contributed by atoms with Crippen LogP contribution in [0.2, 0.25) is 0 Å². The summed E-state index contributed by atoms with van der Waals surface area (Å²) in [6.07, 6.45) is 1.40. The van der Waals surface area contributed by atoms with E-state index in [2.05, 4.69) is 28.1 Å². The van der Waals surface area contributed by atoms with Crippen molar-refractivity contribution in [1.29, 1.82) is 0 Å². The average Bonchev–Trinajstić information content (AvgIpc) is 2.54. The van der Waals surface area contributed by atoms with Gasteiger partial charge in [0.25, 0.3) is 0 Å². The summed E-state index contributed by atoms with van der Waals surface area (Å²) < 4.78 is 1.06. The van der Waals surface area contributed by atoms with E-state index in [0.717, 1.165) is 16.5 Å². The second kappa shape index (κ2) is 8.11. The van der Waals surface area contributed by atoms with Crippen LogP contribution in [0.1, 0.15) is 11.1 Å². The van der Waals surface area contributed by atoms with E-state index in [9.17, 15) is 4.79 Å². The molecule has 0 aromatic heterocycles. The van der Waals surface area contributed by atoms with Gasteiger partial charge in [0.1, 0.15) is 0 Å². The van der Waals surface area contributed by atoms with Crippen molar-refractivity contribution in [3.8, 4) is 0 Å². The standard InChI is InChI=1S/C18H21BrN2O/c1-21(12-11-14-7-9-16(19)10-8-14)18(22)17(20)13-15-5-3-2-4-6-15/h2-10,17H,11-13,20H2,1H3/t17-/m0/s1. The van der Waals surface area contributed by atoms with Gasteiger partial charge < -0.3 is 10.6 Å². The smallest absolute Gasteiger partial charge is 0.239 e. The highest BCUT2D eigenvalue weighted by atomic mass is 79.9. The number of nitrogens with two attached hydrogens (primary N) is 1. The third kappa shape index (κ3) is 4.97. The molecule has 2 rings (SSSR count). The average molecular weight is 361 g/mol. The Hall–Kier alpha value is -1.65. The fourth-order valence-corrected chi connectivity index (χ4v) is 2.56. The van der Waals surface area contributed by atoms with Gasteiger partial charge in [-0.05, 0) is 36.1 Å². The Morgan fingerprint density at radius 3 is 2.36 bits per heavy atom. The minimum absolute atomic E-state index is 0.0130. The van der Waals surface area contributed by atoms with Gasteiger partial charge in [0.05, 0.1) is 6.04 Å². The predicted octanol–water partition coefficient (Wildman–Crippen LogP) is 3.02. The van der Waals surface area contributed by atoms with E-state index in [1.54, 1.807) is 4.90 Å². The number of amides is 1. The number of hydrogen-bond donors (Lipinski definition) is 1. The Balaban J connectivity index is 1.84. The van der Waals surface area contributed by atoms with Crippen molar-refractivity contribution in [2.45, 2.75) is 18.9 Å². The normalized spacial score (nSPS) is 12.0. The molecule has 3 nitrogen and oxygen atoms in total. The molecule has 0 saturated heterocycles. The van der Waals surface area contributed by atoms with Crippen LogP contribution in [0.5, 0.6) is 0 Å². The maximum absolute atomic E-state index is 12.3. The Bertz CT molecular complexity index is 598. The van der Waals surface area contributed by atoms with E-state index in [1.807, 2.05) is 49.5 Å². The molecule has 0 radical (unpaired) electrons. The number of halogens is 1. The van der Waals surface area contributed by atoms with Gasteiger partial charge in [0, 0.05) is 18.1 Å². The highest BCUT2D eigenvalue weighted by molar-refractivity contribution is 9.10. The molecule has 22 heavy (non-hydrogen) atoms. The third-order valence-electron chi connectivity index (χ3n) is 3.64. The molecule has 0 aliphatic heterocycles. The van der Waals surface area contributed by atoms with Crippen LogP contribution in [-0.4, -0.2) is 30.4 Å². The molecule has 1 atom stereocenters. The zero-order valence-corrected chi connectivity index (χ0v) is 14.3. The van der Waals surface area contributed by atoms with Gasteiger partial charge in [-0.3, -0.25) is 4.79 Å². The molecule has 0 spiro atoms. The topological polar surface area (TPSA) is 46.3 Å². The quantitative estimate of drug-likeness (QED) is 0.860. The third-order valence-corrected chi connectivity index (χ3v) is 4.17. The van der Waals surface area contributed by atoms with E-state index in [1.165, 1.54) is 5.56 Å². The summed E-state index contributed by atoms with van der Waals surface area (Å²) in [5, 5.41) is 0. The molecule has 0 bridgehead atoms. The molecule has 2 aromatic rings. The molecular weight excluding hydrogens is 340 g/mol. The number of benzene rings is 2. The summed E-state index contributed by atoms with van der Waals surface area (Å²) in [6.45, 7) is 0.670. The lowest BCUT2D eigenvalue weighted by Crippen LogP contribution is -2.43. The van der Waals surface area contributed by atoms with E-state index in [4.69, 9.17) is 5.73 Å². The van der Waals surface area contributed by atoms with Crippen LogP contribution in [0.25, 0.3) is 0 Å². The molecule has 0 heterocycles. The van der Waals surface area contributed by atoms with Gasteiger partial charge in [-0.1, -0.05) is 58.4 Å². The zero-order valence-electron chi connectivity index (χ0n) is 12.7. The van der Waals surface area contributed by atoms with E-state index in [-0.39, 0.29) is 5.91 Å². The van der Waals surface area contributed by atoms with Crippen LogP contribution in [0.15, 0.2) is 59.1 Å². The van der Waals surface area contributed by atoms with E-state index in [0.29, 0.717) is 13.0 Å². The van der Waals surface area contributed by atoms with Crippen molar-refractivity contribution in [2.75, 3.05) is 13.6 Å². The molecule has 4 heteroatoms. The SMILES string of the molecule is CN(CCc1ccc(Br)cc1)C(=O)[C@@H](N)Cc1ccccc1. The van der Waals surface area contributed by atoms with Crippen molar-refractivity contribution in [2.24, 2.45) is 5.73 Å². The van der Waals surface area contributed by atoms with Gasteiger partial charge >= 0.3 is 0 Å². The molecule has 0 unspecified atom stereocenters. The molecule has 0 aliphatic rings. The maximum Gasteiger partial charge on any atom is 0.239 e. The Kier molecular flexibility index (Phi) is 6.16. The van der Waals surface area contributed by atoms with Gasteiger partial charge in [-0.2, -0.15) is 0 Å². The van der Waals surface area contributed by atoms with Gasteiger partial charge in [-0.25, -0.2) is 0 Å². The predicted molar refractivity (Wildman–Crippen MR) is 93.6 cm³/mol. The Labute approximate surface area is 140 Å². The summed E-state index contributed by atoms with van der Waals surface area (Å²) in [7, 11) is 1.81. The number of carbonyl (C=O) groups is 1. The van der Waals surface area contributed by atoms with Crippen LogP contribution in [0.3, 0.4) is 0 Å².